The number of benzene rings is 2. The predicted molar refractivity (Wildman–Crippen MR) is 102 cm³/mol. The summed E-state index contributed by atoms with van der Waals surface area (Å²) in [6, 6.07) is 13.7. The summed E-state index contributed by atoms with van der Waals surface area (Å²) in [6.07, 6.45) is -4.60. The van der Waals surface area contributed by atoms with Crippen molar-refractivity contribution >= 4 is 29.0 Å². The van der Waals surface area contributed by atoms with Crippen molar-refractivity contribution < 1.29 is 22.8 Å². The summed E-state index contributed by atoms with van der Waals surface area (Å²) in [7, 11) is 0. The summed E-state index contributed by atoms with van der Waals surface area (Å²) in [5.41, 5.74) is -0.110. The number of carbonyl (C=O) groups excluding carboxylic acids is 2. The number of hydrogen-bond acceptors (Lipinski definition) is 3. The van der Waals surface area contributed by atoms with Crippen molar-refractivity contribution in [3.05, 3.63) is 82.1 Å². The third kappa shape index (κ3) is 4.83. The van der Waals surface area contributed by atoms with Crippen LogP contribution in [-0.2, 0) is 17.5 Å². The molecule has 0 aliphatic heterocycles. The highest BCUT2D eigenvalue weighted by atomic mass is 35.5. The van der Waals surface area contributed by atoms with E-state index in [0.29, 0.717) is 10.6 Å². The van der Waals surface area contributed by atoms with Gasteiger partial charge in [0.1, 0.15) is 6.54 Å². The Labute approximate surface area is 169 Å². The van der Waals surface area contributed by atoms with Crippen LogP contribution in [-0.4, -0.2) is 21.5 Å². The first-order valence-electron chi connectivity index (χ1n) is 8.46. The van der Waals surface area contributed by atoms with Gasteiger partial charge in [-0.3, -0.25) is 14.3 Å². The molecule has 5 nitrogen and oxygen atoms in total. The molecule has 2 aromatic carbocycles. The second-order valence-electron chi connectivity index (χ2n) is 6.26. The fraction of sp³-hybridized carbons (Fsp3) is 0.150. The van der Waals surface area contributed by atoms with Gasteiger partial charge in [0.2, 0.25) is 5.91 Å². The summed E-state index contributed by atoms with van der Waals surface area (Å²) in [6.45, 7) is 0.978. The number of anilines is 1. The third-order valence-electron chi connectivity index (χ3n) is 4.10. The van der Waals surface area contributed by atoms with Crippen molar-refractivity contribution in [2.75, 3.05) is 5.32 Å². The van der Waals surface area contributed by atoms with E-state index in [4.69, 9.17) is 11.6 Å². The number of rotatable bonds is 5. The molecule has 0 atom stereocenters. The number of halogens is 4. The highest BCUT2D eigenvalue weighted by molar-refractivity contribution is 6.31. The van der Waals surface area contributed by atoms with Gasteiger partial charge in [0.15, 0.2) is 11.5 Å². The first-order chi connectivity index (χ1) is 13.6. The minimum Gasteiger partial charge on any atom is -0.324 e. The molecule has 3 aromatic rings. The maximum Gasteiger partial charge on any atom is 0.435 e. The molecule has 1 amide bonds. The number of nitrogens with one attached hydrogen (secondary N) is 1. The second-order valence-corrected chi connectivity index (χ2v) is 6.70. The summed E-state index contributed by atoms with van der Waals surface area (Å²) in [4.78, 5) is 25.2. The van der Waals surface area contributed by atoms with Gasteiger partial charge in [-0.1, -0.05) is 41.9 Å². The van der Waals surface area contributed by atoms with Crippen LogP contribution in [0, 0.1) is 6.92 Å². The van der Waals surface area contributed by atoms with Gasteiger partial charge < -0.3 is 5.32 Å². The minimum atomic E-state index is -4.60. The maximum absolute atomic E-state index is 12.8. The number of aryl methyl sites for hydroxylation is 1. The van der Waals surface area contributed by atoms with Crippen molar-refractivity contribution in [3.63, 3.8) is 0 Å². The summed E-state index contributed by atoms with van der Waals surface area (Å²) >= 11 is 6.00. The molecular weight excluding hydrogens is 407 g/mol. The zero-order valence-electron chi connectivity index (χ0n) is 15.1. The predicted octanol–water partition coefficient (Wildman–Crippen LogP) is 4.73. The molecule has 1 N–H and O–H groups in total. The quantitative estimate of drug-likeness (QED) is 0.605. The van der Waals surface area contributed by atoms with E-state index in [1.165, 1.54) is 25.1 Å². The zero-order chi connectivity index (χ0) is 21.2. The van der Waals surface area contributed by atoms with Crippen molar-refractivity contribution in [3.8, 4) is 0 Å². The minimum absolute atomic E-state index is 0.171. The van der Waals surface area contributed by atoms with E-state index in [2.05, 4.69) is 10.4 Å². The third-order valence-corrected chi connectivity index (χ3v) is 4.34. The van der Waals surface area contributed by atoms with Gasteiger partial charge in [-0.25, -0.2) is 0 Å². The molecule has 0 radical (unpaired) electrons. The Morgan fingerprint density at radius 3 is 2.41 bits per heavy atom. The van der Waals surface area contributed by atoms with Gasteiger partial charge in [0.25, 0.3) is 0 Å². The monoisotopic (exact) mass is 421 g/mol. The molecule has 0 saturated carbocycles. The van der Waals surface area contributed by atoms with E-state index < -0.39 is 24.3 Å². The van der Waals surface area contributed by atoms with Gasteiger partial charge >= 0.3 is 6.18 Å². The number of ketones is 1. The van der Waals surface area contributed by atoms with Crippen LogP contribution in [0.5, 0.6) is 0 Å². The Hall–Kier alpha value is -3.13. The second kappa shape index (κ2) is 8.08. The largest absolute Gasteiger partial charge is 0.435 e. The Kier molecular flexibility index (Phi) is 5.74. The molecule has 0 unspecified atom stereocenters. The number of alkyl halides is 3. The Bertz CT molecular complexity index is 1060. The highest BCUT2D eigenvalue weighted by Gasteiger charge is 2.34. The van der Waals surface area contributed by atoms with Crippen LogP contribution < -0.4 is 5.32 Å². The molecule has 0 saturated heterocycles. The lowest BCUT2D eigenvalue weighted by molar-refractivity contribution is -0.141. The van der Waals surface area contributed by atoms with E-state index in [1.807, 2.05) is 0 Å². The maximum atomic E-state index is 12.8. The number of aromatic nitrogens is 2. The highest BCUT2D eigenvalue weighted by Crippen LogP contribution is 2.28. The first kappa shape index (κ1) is 20.6. The molecule has 0 bridgehead atoms. The molecule has 9 heteroatoms. The Balaban J connectivity index is 1.83. The SMILES string of the molecule is Cc1cc(C(F)(F)F)nn1CC(=O)Nc1ccc(Cl)cc1C(=O)c1ccccc1. The topological polar surface area (TPSA) is 64.0 Å². The van der Waals surface area contributed by atoms with E-state index in [-0.39, 0.29) is 22.7 Å². The van der Waals surface area contributed by atoms with Crippen LogP contribution in [0.2, 0.25) is 5.02 Å². The molecule has 0 spiro atoms. The summed E-state index contributed by atoms with van der Waals surface area (Å²) in [5.74, 6) is -0.979. The molecule has 1 heterocycles. The summed E-state index contributed by atoms with van der Waals surface area (Å²) < 4.78 is 39.3. The number of carbonyl (C=O) groups is 2. The number of amides is 1. The normalized spacial score (nSPS) is 11.3. The number of nitrogens with zero attached hydrogens (tertiary/aromatic N) is 2. The molecule has 0 aliphatic carbocycles. The molecule has 0 aliphatic rings. The van der Waals surface area contributed by atoms with Gasteiger partial charge in [0, 0.05) is 21.8 Å². The fourth-order valence-corrected chi connectivity index (χ4v) is 2.86. The van der Waals surface area contributed by atoms with Crippen LogP contribution in [0.15, 0.2) is 54.6 Å². The lowest BCUT2D eigenvalue weighted by Gasteiger charge is -2.12. The van der Waals surface area contributed by atoms with Crippen molar-refractivity contribution in [2.45, 2.75) is 19.6 Å². The van der Waals surface area contributed by atoms with Crippen LogP contribution in [0.4, 0.5) is 18.9 Å². The van der Waals surface area contributed by atoms with Crippen LogP contribution in [0.1, 0.15) is 27.3 Å². The average molecular weight is 422 g/mol. The van der Waals surface area contributed by atoms with Crippen molar-refractivity contribution in [1.29, 1.82) is 0 Å². The fourth-order valence-electron chi connectivity index (χ4n) is 2.69. The number of hydrogen-bond donors (Lipinski definition) is 1. The molecule has 1 aromatic heterocycles. The lowest BCUT2D eigenvalue weighted by atomic mass is 10.0. The van der Waals surface area contributed by atoms with Crippen molar-refractivity contribution in [1.82, 2.24) is 9.78 Å². The van der Waals surface area contributed by atoms with Crippen LogP contribution >= 0.6 is 11.6 Å². The summed E-state index contributed by atoms with van der Waals surface area (Å²) in [5, 5.41) is 6.28. The van der Waals surface area contributed by atoms with Gasteiger partial charge in [-0.15, -0.1) is 0 Å². The molecule has 0 fully saturated rings. The molecule has 150 valence electrons. The molecule has 29 heavy (non-hydrogen) atoms. The van der Waals surface area contributed by atoms with Gasteiger partial charge in [-0.05, 0) is 31.2 Å². The van der Waals surface area contributed by atoms with Gasteiger partial charge in [0.05, 0.1) is 5.69 Å². The standard InChI is InChI=1S/C20H15ClF3N3O2/c1-12-9-17(20(22,23)24)26-27(12)11-18(28)25-16-8-7-14(21)10-15(16)19(29)13-5-3-2-4-6-13/h2-10H,11H2,1H3,(H,25,28). The van der Waals surface area contributed by atoms with E-state index in [1.54, 1.807) is 30.3 Å². The smallest absolute Gasteiger partial charge is 0.324 e. The lowest BCUT2D eigenvalue weighted by Crippen LogP contribution is -2.22. The zero-order valence-corrected chi connectivity index (χ0v) is 15.9. The van der Waals surface area contributed by atoms with Crippen molar-refractivity contribution in [2.24, 2.45) is 0 Å². The average Bonchev–Trinajstić information content (AvgIpc) is 3.04. The molecular formula is C20H15ClF3N3O2. The van der Waals surface area contributed by atoms with Crippen LogP contribution in [0.3, 0.4) is 0 Å². The first-order valence-corrected chi connectivity index (χ1v) is 8.84. The van der Waals surface area contributed by atoms with Gasteiger partial charge in [-0.2, -0.15) is 18.3 Å². The Morgan fingerprint density at radius 1 is 1.10 bits per heavy atom. The molecule has 3 rings (SSSR count). The van der Waals surface area contributed by atoms with E-state index in [9.17, 15) is 22.8 Å². The Morgan fingerprint density at radius 2 is 1.79 bits per heavy atom. The van der Waals surface area contributed by atoms with E-state index >= 15 is 0 Å². The van der Waals surface area contributed by atoms with E-state index in [0.717, 1.165) is 10.7 Å². The van der Waals surface area contributed by atoms with Crippen LogP contribution in [0.25, 0.3) is 0 Å².